The van der Waals surface area contributed by atoms with E-state index < -0.39 is 0 Å². The number of rotatable bonds is 8. The SMILES string of the molecule is CCNC(=NCC(=O)NCc1ccccc1)N(C)CCC1CCOCC1.I. The van der Waals surface area contributed by atoms with Crippen molar-refractivity contribution < 1.29 is 9.53 Å². The van der Waals surface area contributed by atoms with Crippen molar-refractivity contribution in [2.24, 2.45) is 10.9 Å². The van der Waals surface area contributed by atoms with Gasteiger partial charge in [-0.05, 0) is 37.7 Å². The molecule has 1 heterocycles. The number of nitrogens with one attached hydrogen (secondary N) is 2. The van der Waals surface area contributed by atoms with Crippen LogP contribution >= 0.6 is 24.0 Å². The number of carbonyl (C=O) groups excluding carboxylic acids is 1. The zero-order valence-electron chi connectivity index (χ0n) is 16.4. The molecule has 6 nitrogen and oxygen atoms in total. The molecule has 27 heavy (non-hydrogen) atoms. The molecule has 1 saturated heterocycles. The molecule has 1 aliphatic rings. The number of ether oxygens (including phenoxy) is 1. The normalized spacial score (nSPS) is 15.0. The average molecular weight is 488 g/mol. The fraction of sp³-hybridized carbons (Fsp3) is 0.600. The molecule has 152 valence electrons. The number of halogens is 1. The number of hydrogen-bond acceptors (Lipinski definition) is 3. The highest BCUT2D eigenvalue weighted by Gasteiger charge is 2.15. The van der Waals surface area contributed by atoms with Gasteiger partial charge in [0.2, 0.25) is 5.91 Å². The lowest BCUT2D eigenvalue weighted by Crippen LogP contribution is -2.41. The largest absolute Gasteiger partial charge is 0.381 e. The zero-order chi connectivity index (χ0) is 18.6. The van der Waals surface area contributed by atoms with Crippen molar-refractivity contribution in [3.8, 4) is 0 Å². The van der Waals surface area contributed by atoms with Crippen LogP contribution in [-0.2, 0) is 16.1 Å². The van der Waals surface area contributed by atoms with Crippen LogP contribution in [0.3, 0.4) is 0 Å². The summed E-state index contributed by atoms with van der Waals surface area (Å²) in [6.45, 7) is 6.18. The molecule has 2 N–H and O–H groups in total. The van der Waals surface area contributed by atoms with Gasteiger partial charge in [0, 0.05) is 39.9 Å². The van der Waals surface area contributed by atoms with Crippen LogP contribution in [0.15, 0.2) is 35.3 Å². The minimum absolute atomic E-state index is 0. The summed E-state index contributed by atoms with van der Waals surface area (Å²) in [5, 5.41) is 6.18. The third-order valence-electron chi connectivity index (χ3n) is 4.62. The Morgan fingerprint density at radius 3 is 2.59 bits per heavy atom. The summed E-state index contributed by atoms with van der Waals surface area (Å²) in [5.41, 5.74) is 1.09. The Morgan fingerprint density at radius 2 is 1.93 bits per heavy atom. The van der Waals surface area contributed by atoms with E-state index in [1.807, 2.05) is 44.3 Å². The van der Waals surface area contributed by atoms with Gasteiger partial charge < -0.3 is 20.3 Å². The summed E-state index contributed by atoms with van der Waals surface area (Å²) in [7, 11) is 2.03. The number of nitrogens with zero attached hydrogens (tertiary/aromatic N) is 2. The first kappa shape index (κ1) is 23.7. The Hall–Kier alpha value is -1.35. The van der Waals surface area contributed by atoms with Crippen LogP contribution < -0.4 is 10.6 Å². The van der Waals surface area contributed by atoms with Crippen molar-refractivity contribution in [1.29, 1.82) is 0 Å². The second-order valence-corrected chi connectivity index (χ2v) is 6.70. The van der Waals surface area contributed by atoms with Gasteiger partial charge in [-0.25, -0.2) is 4.99 Å². The summed E-state index contributed by atoms with van der Waals surface area (Å²) in [6.07, 6.45) is 3.41. The molecule has 7 heteroatoms. The molecular weight excluding hydrogens is 455 g/mol. The van der Waals surface area contributed by atoms with Crippen LogP contribution in [0, 0.1) is 5.92 Å². The molecule has 2 rings (SSSR count). The fourth-order valence-corrected chi connectivity index (χ4v) is 2.99. The quantitative estimate of drug-likeness (QED) is 0.336. The Morgan fingerprint density at radius 1 is 1.22 bits per heavy atom. The van der Waals surface area contributed by atoms with Crippen LogP contribution in [-0.4, -0.2) is 56.7 Å². The first-order valence-corrected chi connectivity index (χ1v) is 9.57. The van der Waals surface area contributed by atoms with E-state index in [9.17, 15) is 4.79 Å². The summed E-state index contributed by atoms with van der Waals surface area (Å²) in [6, 6.07) is 9.90. The molecule has 0 radical (unpaired) electrons. The van der Waals surface area contributed by atoms with Gasteiger partial charge in [-0.2, -0.15) is 0 Å². The maximum atomic E-state index is 12.1. The van der Waals surface area contributed by atoms with Crippen molar-refractivity contribution in [2.45, 2.75) is 32.7 Å². The van der Waals surface area contributed by atoms with Gasteiger partial charge >= 0.3 is 0 Å². The Kier molecular flexibility index (Phi) is 12.1. The zero-order valence-corrected chi connectivity index (χ0v) is 18.8. The summed E-state index contributed by atoms with van der Waals surface area (Å²) in [4.78, 5) is 18.7. The summed E-state index contributed by atoms with van der Waals surface area (Å²) >= 11 is 0. The second kappa shape index (κ2) is 13.8. The van der Waals surface area contributed by atoms with Crippen LogP contribution in [0.1, 0.15) is 31.7 Å². The van der Waals surface area contributed by atoms with Crippen LogP contribution in [0.2, 0.25) is 0 Å². The van der Waals surface area contributed by atoms with Crippen molar-refractivity contribution >= 4 is 35.8 Å². The Balaban J connectivity index is 0.00000364. The van der Waals surface area contributed by atoms with Crippen molar-refractivity contribution in [1.82, 2.24) is 15.5 Å². The van der Waals surface area contributed by atoms with E-state index in [2.05, 4.69) is 20.5 Å². The monoisotopic (exact) mass is 488 g/mol. The third-order valence-corrected chi connectivity index (χ3v) is 4.62. The summed E-state index contributed by atoms with van der Waals surface area (Å²) in [5.74, 6) is 1.44. The van der Waals surface area contributed by atoms with Crippen LogP contribution in [0.5, 0.6) is 0 Å². The minimum Gasteiger partial charge on any atom is -0.381 e. The van der Waals surface area contributed by atoms with Crippen LogP contribution in [0.25, 0.3) is 0 Å². The highest BCUT2D eigenvalue weighted by molar-refractivity contribution is 14.0. The third kappa shape index (κ3) is 9.41. The Labute approximate surface area is 180 Å². The predicted octanol–water partition coefficient (Wildman–Crippen LogP) is 2.63. The molecular formula is C20H33IN4O2. The lowest BCUT2D eigenvalue weighted by Gasteiger charge is -2.26. The molecule has 0 unspecified atom stereocenters. The van der Waals surface area contributed by atoms with Gasteiger partial charge in [0.1, 0.15) is 6.54 Å². The molecule has 1 fully saturated rings. The first-order valence-electron chi connectivity index (χ1n) is 9.57. The van der Waals surface area contributed by atoms with Crippen LogP contribution in [0.4, 0.5) is 0 Å². The highest BCUT2D eigenvalue weighted by atomic mass is 127. The Bertz CT molecular complexity index is 562. The van der Waals surface area contributed by atoms with Gasteiger partial charge in [0.25, 0.3) is 0 Å². The molecule has 0 aliphatic carbocycles. The first-order chi connectivity index (χ1) is 12.7. The maximum Gasteiger partial charge on any atom is 0.242 e. The topological polar surface area (TPSA) is 66.0 Å². The molecule has 0 spiro atoms. The van der Waals surface area contributed by atoms with Crippen molar-refractivity contribution in [2.75, 3.05) is 39.9 Å². The lowest BCUT2D eigenvalue weighted by atomic mass is 9.96. The molecule has 1 aromatic carbocycles. The lowest BCUT2D eigenvalue weighted by molar-refractivity contribution is -0.119. The fourth-order valence-electron chi connectivity index (χ4n) is 2.99. The van der Waals surface area contributed by atoms with Crippen molar-refractivity contribution in [3.05, 3.63) is 35.9 Å². The van der Waals surface area contributed by atoms with E-state index in [1.54, 1.807) is 0 Å². The number of guanidine groups is 1. The smallest absolute Gasteiger partial charge is 0.242 e. The van der Waals surface area contributed by atoms with Gasteiger partial charge in [-0.15, -0.1) is 24.0 Å². The van der Waals surface area contributed by atoms with E-state index in [-0.39, 0.29) is 36.4 Å². The second-order valence-electron chi connectivity index (χ2n) is 6.70. The molecule has 1 aliphatic heterocycles. The van der Waals surface area contributed by atoms with E-state index in [1.165, 1.54) is 0 Å². The predicted molar refractivity (Wildman–Crippen MR) is 120 cm³/mol. The van der Waals surface area contributed by atoms with E-state index in [0.717, 1.165) is 63.0 Å². The summed E-state index contributed by atoms with van der Waals surface area (Å²) < 4.78 is 5.42. The number of benzene rings is 1. The van der Waals surface area contributed by atoms with E-state index >= 15 is 0 Å². The standard InChI is InChI=1S/C20H32N4O2.HI/c1-3-21-20(24(2)12-9-17-10-13-26-14-11-17)23-16-19(25)22-15-18-7-5-4-6-8-18;/h4-8,17H,3,9-16H2,1-2H3,(H,21,23)(H,22,25);1H. The molecule has 0 aromatic heterocycles. The number of amides is 1. The molecule has 0 bridgehead atoms. The molecule has 1 aromatic rings. The highest BCUT2D eigenvalue weighted by Crippen LogP contribution is 2.18. The van der Waals surface area contributed by atoms with Gasteiger partial charge in [0.05, 0.1) is 0 Å². The minimum atomic E-state index is -0.0675. The van der Waals surface area contributed by atoms with Gasteiger partial charge in [0.15, 0.2) is 5.96 Å². The van der Waals surface area contributed by atoms with E-state index in [4.69, 9.17) is 4.74 Å². The van der Waals surface area contributed by atoms with Gasteiger partial charge in [-0.3, -0.25) is 4.79 Å². The molecule has 0 saturated carbocycles. The van der Waals surface area contributed by atoms with Crippen molar-refractivity contribution in [3.63, 3.8) is 0 Å². The number of hydrogen-bond donors (Lipinski definition) is 2. The number of carbonyl (C=O) groups is 1. The number of aliphatic imine (C=N–C) groups is 1. The van der Waals surface area contributed by atoms with Gasteiger partial charge in [-0.1, -0.05) is 30.3 Å². The molecule has 0 atom stereocenters. The maximum absolute atomic E-state index is 12.1. The van der Waals surface area contributed by atoms with E-state index in [0.29, 0.717) is 6.54 Å². The average Bonchev–Trinajstić information content (AvgIpc) is 2.69. The molecule has 1 amide bonds.